The predicted octanol–water partition coefficient (Wildman–Crippen LogP) is 4.11. The van der Waals surface area contributed by atoms with Crippen LogP contribution in [0.4, 0.5) is 0 Å². The molecule has 1 aromatic carbocycles. The van der Waals surface area contributed by atoms with Crippen molar-refractivity contribution < 1.29 is 0 Å². The second-order valence-corrected chi connectivity index (χ2v) is 6.57. The number of nitrogens with one attached hydrogen (secondary N) is 1. The van der Waals surface area contributed by atoms with E-state index in [4.69, 9.17) is 0 Å². The third-order valence-electron chi connectivity index (χ3n) is 3.89. The Labute approximate surface area is 122 Å². The van der Waals surface area contributed by atoms with Crippen molar-refractivity contribution in [2.45, 2.75) is 45.7 Å². The fourth-order valence-corrected chi connectivity index (χ4v) is 2.30. The van der Waals surface area contributed by atoms with Gasteiger partial charge in [0.15, 0.2) is 0 Å². The van der Waals surface area contributed by atoms with Crippen molar-refractivity contribution in [3.63, 3.8) is 0 Å². The summed E-state index contributed by atoms with van der Waals surface area (Å²) >= 11 is 0. The monoisotopic (exact) mass is 270 g/mol. The molecule has 0 aliphatic heterocycles. The maximum atomic E-state index is 3.27. The lowest BCUT2D eigenvalue weighted by atomic mass is 9.87. The highest BCUT2D eigenvalue weighted by atomic mass is 14.9. The molecule has 20 heavy (non-hydrogen) atoms. The lowest BCUT2D eigenvalue weighted by molar-refractivity contribution is 0.589. The van der Waals surface area contributed by atoms with E-state index in [-0.39, 0.29) is 5.41 Å². The molecule has 0 saturated carbocycles. The van der Waals surface area contributed by atoms with Gasteiger partial charge in [-0.25, -0.2) is 0 Å². The van der Waals surface area contributed by atoms with Crippen LogP contribution in [0.3, 0.4) is 0 Å². The van der Waals surface area contributed by atoms with Crippen molar-refractivity contribution in [3.8, 4) is 0 Å². The Morgan fingerprint density at radius 1 is 1.10 bits per heavy atom. The van der Waals surface area contributed by atoms with E-state index in [0.29, 0.717) is 6.04 Å². The van der Waals surface area contributed by atoms with Crippen molar-refractivity contribution in [2.75, 3.05) is 7.05 Å². The Morgan fingerprint density at radius 2 is 1.75 bits per heavy atom. The molecule has 0 radical (unpaired) electrons. The van der Waals surface area contributed by atoms with Crippen molar-refractivity contribution in [1.29, 1.82) is 0 Å². The van der Waals surface area contributed by atoms with Crippen LogP contribution in [0, 0.1) is 0 Å². The fraction of sp³-hybridized carbons (Fsp3) is 0.444. The molecule has 0 bridgehead atoms. The van der Waals surface area contributed by atoms with Crippen LogP contribution in [0.1, 0.15) is 50.4 Å². The van der Waals surface area contributed by atoms with Crippen molar-refractivity contribution in [3.05, 3.63) is 59.4 Å². The van der Waals surface area contributed by atoms with Gasteiger partial charge in [0.1, 0.15) is 0 Å². The van der Waals surface area contributed by atoms with Gasteiger partial charge in [-0.3, -0.25) is 0 Å². The summed E-state index contributed by atoms with van der Waals surface area (Å²) in [6.07, 6.45) is 4.37. The predicted molar refractivity (Wildman–Crippen MR) is 86.2 cm³/mol. The molecule has 2 heteroatoms. The molecule has 0 amide bonds. The summed E-state index contributed by atoms with van der Waals surface area (Å²) < 4.78 is 2.25. The van der Waals surface area contributed by atoms with Crippen molar-refractivity contribution in [2.24, 2.45) is 0 Å². The van der Waals surface area contributed by atoms with Crippen molar-refractivity contribution >= 4 is 0 Å². The van der Waals surface area contributed by atoms with E-state index in [1.807, 2.05) is 7.05 Å². The van der Waals surface area contributed by atoms with E-state index < -0.39 is 0 Å². The van der Waals surface area contributed by atoms with Crippen LogP contribution in [-0.2, 0) is 12.0 Å². The van der Waals surface area contributed by atoms with E-state index in [0.717, 1.165) is 6.54 Å². The summed E-state index contributed by atoms with van der Waals surface area (Å²) in [7, 11) is 1.99. The lowest BCUT2D eigenvalue weighted by Gasteiger charge is -2.19. The van der Waals surface area contributed by atoms with Crippen molar-refractivity contribution in [1.82, 2.24) is 9.88 Å². The normalized spacial score (nSPS) is 13.4. The molecule has 0 aliphatic rings. The first-order chi connectivity index (χ1) is 9.40. The molecule has 2 nitrogen and oxygen atoms in total. The highest BCUT2D eigenvalue weighted by Crippen LogP contribution is 2.22. The number of rotatable bonds is 4. The van der Waals surface area contributed by atoms with E-state index in [1.54, 1.807) is 0 Å². The Morgan fingerprint density at radius 3 is 2.30 bits per heavy atom. The van der Waals surface area contributed by atoms with Gasteiger partial charge in [0.25, 0.3) is 0 Å². The average molecular weight is 270 g/mol. The maximum Gasteiger partial charge on any atom is 0.0470 e. The number of aromatic nitrogens is 1. The first-order valence-corrected chi connectivity index (χ1v) is 7.32. The zero-order valence-corrected chi connectivity index (χ0v) is 13.3. The molecular weight excluding hydrogens is 244 g/mol. The molecule has 0 fully saturated rings. The standard InChI is InChI=1S/C18H26N2/c1-14(19-5)16-10-11-20(13-16)12-15-6-8-17(9-7-15)18(2,3)4/h6-11,13-14,19H,12H2,1-5H3. The number of nitrogens with zero attached hydrogens (tertiary/aromatic N) is 1. The van der Waals surface area contributed by atoms with E-state index >= 15 is 0 Å². The minimum Gasteiger partial charge on any atom is -0.350 e. The van der Waals surface area contributed by atoms with Gasteiger partial charge in [-0.1, -0.05) is 45.0 Å². The molecule has 1 heterocycles. The smallest absolute Gasteiger partial charge is 0.0470 e. The second-order valence-electron chi connectivity index (χ2n) is 6.57. The number of benzene rings is 1. The highest BCUT2D eigenvalue weighted by molar-refractivity contribution is 5.28. The molecule has 1 N–H and O–H groups in total. The van der Waals surface area contributed by atoms with Crippen LogP contribution in [0.15, 0.2) is 42.7 Å². The summed E-state index contributed by atoms with van der Waals surface area (Å²) in [5.41, 5.74) is 4.29. The topological polar surface area (TPSA) is 17.0 Å². The zero-order chi connectivity index (χ0) is 14.8. The molecule has 2 aromatic rings. The molecule has 1 unspecified atom stereocenters. The van der Waals surface area contributed by atoms with Gasteiger partial charge in [0.2, 0.25) is 0 Å². The summed E-state index contributed by atoms with van der Waals surface area (Å²) in [6.45, 7) is 9.86. The fourth-order valence-electron chi connectivity index (χ4n) is 2.30. The summed E-state index contributed by atoms with van der Waals surface area (Å²) in [5.74, 6) is 0. The first kappa shape index (κ1) is 14.9. The SMILES string of the molecule is CNC(C)c1ccn(Cc2ccc(C(C)(C)C)cc2)c1. The molecule has 1 aromatic heterocycles. The second kappa shape index (κ2) is 5.84. The number of hydrogen-bond acceptors (Lipinski definition) is 1. The largest absolute Gasteiger partial charge is 0.350 e. The molecule has 0 aliphatic carbocycles. The molecule has 0 saturated heterocycles. The summed E-state index contributed by atoms with van der Waals surface area (Å²) in [5, 5.41) is 3.27. The molecule has 2 rings (SSSR count). The Hall–Kier alpha value is -1.54. The van der Waals surface area contributed by atoms with Gasteiger partial charge in [-0.2, -0.15) is 0 Å². The van der Waals surface area contributed by atoms with Gasteiger partial charge >= 0.3 is 0 Å². The van der Waals surface area contributed by atoms with Gasteiger partial charge in [-0.15, -0.1) is 0 Å². The zero-order valence-electron chi connectivity index (χ0n) is 13.3. The number of hydrogen-bond donors (Lipinski definition) is 1. The van der Waals surface area contributed by atoms with Gasteiger partial charge in [0, 0.05) is 25.0 Å². The molecular formula is C18H26N2. The Balaban J connectivity index is 2.08. The van der Waals surface area contributed by atoms with Gasteiger partial charge in [0.05, 0.1) is 0 Å². The maximum absolute atomic E-state index is 3.27. The van der Waals surface area contributed by atoms with E-state index in [1.165, 1.54) is 16.7 Å². The molecule has 108 valence electrons. The minimum absolute atomic E-state index is 0.224. The lowest BCUT2D eigenvalue weighted by Crippen LogP contribution is -2.11. The minimum atomic E-state index is 0.224. The van der Waals surface area contributed by atoms with Crippen LogP contribution in [0.2, 0.25) is 0 Å². The Bertz CT molecular complexity index is 544. The summed E-state index contributed by atoms with van der Waals surface area (Å²) in [6, 6.07) is 11.6. The Kier molecular flexibility index (Phi) is 4.34. The average Bonchev–Trinajstić information content (AvgIpc) is 2.86. The highest BCUT2D eigenvalue weighted by Gasteiger charge is 2.12. The van der Waals surface area contributed by atoms with Gasteiger partial charge < -0.3 is 9.88 Å². The summed E-state index contributed by atoms with van der Waals surface area (Å²) in [4.78, 5) is 0. The van der Waals surface area contributed by atoms with Crippen LogP contribution in [0.5, 0.6) is 0 Å². The molecule has 0 spiro atoms. The van der Waals surface area contributed by atoms with Crippen LogP contribution >= 0.6 is 0 Å². The molecule has 1 atom stereocenters. The van der Waals surface area contributed by atoms with E-state index in [2.05, 4.69) is 80.3 Å². The van der Waals surface area contributed by atoms with Crippen LogP contribution in [-0.4, -0.2) is 11.6 Å². The first-order valence-electron chi connectivity index (χ1n) is 7.32. The quantitative estimate of drug-likeness (QED) is 0.884. The van der Waals surface area contributed by atoms with Gasteiger partial charge in [-0.05, 0) is 42.1 Å². The third-order valence-corrected chi connectivity index (χ3v) is 3.89. The third kappa shape index (κ3) is 3.51. The van der Waals surface area contributed by atoms with Crippen LogP contribution in [0.25, 0.3) is 0 Å². The van der Waals surface area contributed by atoms with Crippen LogP contribution < -0.4 is 5.32 Å². The van der Waals surface area contributed by atoms with E-state index in [9.17, 15) is 0 Å².